The number of hydrogen-bond donors (Lipinski definition) is 0. The lowest BCUT2D eigenvalue weighted by Gasteiger charge is -2.31. The Morgan fingerprint density at radius 3 is 2.08 bits per heavy atom. The molecule has 0 rings (SSSR count). The first-order valence-electron chi connectivity index (χ1n) is 5.36. The summed E-state index contributed by atoms with van der Waals surface area (Å²) in [5.74, 6) is 0.349. The van der Waals surface area contributed by atoms with Crippen LogP contribution in [-0.2, 0) is 4.79 Å². The van der Waals surface area contributed by atoms with Gasteiger partial charge in [0.05, 0.1) is 6.04 Å². The van der Waals surface area contributed by atoms with E-state index in [2.05, 4.69) is 25.7 Å². The van der Waals surface area contributed by atoms with Crippen molar-refractivity contribution in [2.75, 3.05) is 6.54 Å². The molecule has 0 N–H and O–H groups in total. The average Bonchev–Trinajstić information content (AvgIpc) is 2.17. The second-order valence-electron chi connectivity index (χ2n) is 3.58. The first-order valence-corrected chi connectivity index (χ1v) is 5.36. The molecule has 0 aromatic carbocycles. The van der Waals surface area contributed by atoms with Gasteiger partial charge in [-0.15, -0.1) is 0 Å². The van der Waals surface area contributed by atoms with Crippen LogP contribution < -0.4 is 0 Å². The number of hydrogen-bond acceptors (Lipinski definition) is 2. The Morgan fingerprint density at radius 1 is 1.23 bits per heavy atom. The highest BCUT2D eigenvalue weighted by atomic mass is 16.1. The van der Waals surface area contributed by atoms with Crippen LogP contribution in [0.25, 0.3) is 0 Å². The summed E-state index contributed by atoms with van der Waals surface area (Å²) in [6, 6.07) is 0.598. The van der Waals surface area contributed by atoms with E-state index in [4.69, 9.17) is 0 Å². The van der Waals surface area contributed by atoms with Gasteiger partial charge >= 0.3 is 0 Å². The summed E-state index contributed by atoms with van der Waals surface area (Å²) in [6.45, 7) is 11.4. The third-order valence-electron chi connectivity index (χ3n) is 2.83. The Labute approximate surface area is 82.3 Å². The minimum absolute atomic E-state index is 0.0879. The van der Waals surface area contributed by atoms with Crippen LogP contribution in [0, 0.1) is 0 Å². The van der Waals surface area contributed by atoms with E-state index < -0.39 is 0 Å². The predicted molar refractivity (Wildman–Crippen MR) is 56.9 cm³/mol. The fourth-order valence-corrected chi connectivity index (χ4v) is 1.68. The molecule has 0 spiro atoms. The molecular weight excluding hydrogens is 162 g/mol. The van der Waals surface area contributed by atoms with Crippen molar-refractivity contribution in [2.45, 2.75) is 59.5 Å². The van der Waals surface area contributed by atoms with Crippen LogP contribution in [0.1, 0.15) is 47.5 Å². The normalized spacial score (nSPS) is 15.8. The maximum Gasteiger partial charge on any atom is 0.149 e. The van der Waals surface area contributed by atoms with Gasteiger partial charge in [0, 0.05) is 12.5 Å². The summed E-state index contributed by atoms with van der Waals surface area (Å²) in [5.41, 5.74) is 0. The van der Waals surface area contributed by atoms with Crippen molar-refractivity contribution in [3.05, 3.63) is 0 Å². The van der Waals surface area contributed by atoms with E-state index >= 15 is 0 Å². The Hall–Kier alpha value is -0.370. The number of likely N-dealkylation sites (N-methyl/N-ethyl adjacent to an activating group) is 1. The van der Waals surface area contributed by atoms with Gasteiger partial charge in [-0.05, 0) is 26.8 Å². The number of rotatable bonds is 6. The first kappa shape index (κ1) is 12.6. The van der Waals surface area contributed by atoms with E-state index in [1.54, 1.807) is 0 Å². The Kier molecular flexibility index (Phi) is 5.97. The van der Waals surface area contributed by atoms with Gasteiger partial charge in [-0.3, -0.25) is 9.69 Å². The minimum atomic E-state index is 0.0879. The molecule has 0 saturated heterocycles. The maximum atomic E-state index is 11.5. The lowest BCUT2D eigenvalue weighted by molar-refractivity contribution is -0.124. The third kappa shape index (κ3) is 3.47. The van der Waals surface area contributed by atoms with Crippen LogP contribution in [0.15, 0.2) is 0 Å². The standard InChI is InChI=1S/C11H23NO/c1-6-9(4)12(8-3)10(5)11(13)7-2/h9-10H,6-8H2,1-5H3. The van der Waals surface area contributed by atoms with Crippen molar-refractivity contribution in [2.24, 2.45) is 0 Å². The van der Waals surface area contributed by atoms with Crippen molar-refractivity contribution in [1.82, 2.24) is 4.90 Å². The van der Waals surface area contributed by atoms with E-state index in [0.717, 1.165) is 13.0 Å². The summed E-state index contributed by atoms with van der Waals surface area (Å²) in [6.07, 6.45) is 1.75. The summed E-state index contributed by atoms with van der Waals surface area (Å²) in [7, 11) is 0. The predicted octanol–water partition coefficient (Wildman–Crippen LogP) is 2.47. The minimum Gasteiger partial charge on any atom is -0.298 e. The second kappa shape index (κ2) is 6.14. The van der Waals surface area contributed by atoms with E-state index in [-0.39, 0.29) is 6.04 Å². The smallest absolute Gasteiger partial charge is 0.149 e. The quantitative estimate of drug-likeness (QED) is 0.633. The largest absolute Gasteiger partial charge is 0.298 e. The molecule has 2 heteroatoms. The van der Waals surface area contributed by atoms with Crippen LogP contribution in [0.2, 0.25) is 0 Å². The molecule has 78 valence electrons. The summed E-state index contributed by atoms with van der Waals surface area (Å²) in [5, 5.41) is 0. The molecule has 0 aromatic rings. The second-order valence-corrected chi connectivity index (χ2v) is 3.58. The number of Topliss-reactive ketones (excluding diaryl/α,β-unsaturated/α-hetero) is 1. The Bertz CT molecular complexity index is 156. The van der Waals surface area contributed by atoms with Crippen molar-refractivity contribution in [1.29, 1.82) is 0 Å². The lowest BCUT2D eigenvalue weighted by atomic mass is 10.1. The Balaban J connectivity index is 4.30. The fraction of sp³-hybridized carbons (Fsp3) is 0.909. The molecule has 0 saturated carbocycles. The molecule has 0 aliphatic rings. The number of ketones is 1. The SMILES string of the molecule is CCC(=O)C(C)N(CC)C(C)CC. The summed E-state index contributed by atoms with van der Waals surface area (Å²) < 4.78 is 0. The number of carbonyl (C=O) groups is 1. The molecule has 0 fully saturated rings. The Morgan fingerprint density at radius 2 is 1.77 bits per heavy atom. The third-order valence-corrected chi connectivity index (χ3v) is 2.83. The van der Waals surface area contributed by atoms with E-state index in [1.165, 1.54) is 0 Å². The van der Waals surface area contributed by atoms with E-state index in [9.17, 15) is 4.79 Å². The van der Waals surface area contributed by atoms with Crippen LogP contribution in [0.4, 0.5) is 0 Å². The van der Waals surface area contributed by atoms with Crippen molar-refractivity contribution >= 4 is 5.78 Å². The highest BCUT2D eigenvalue weighted by molar-refractivity contribution is 5.83. The topological polar surface area (TPSA) is 20.3 Å². The van der Waals surface area contributed by atoms with Crippen LogP contribution >= 0.6 is 0 Å². The van der Waals surface area contributed by atoms with Gasteiger partial charge < -0.3 is 0 Å². The van der Waals surface area contributed by atoms with Crippen molar-refractivity contribution in [3.8, 4) is 0 Å². The molecule has 0 radical (unpaired) electrons. The molecule has 2 atom stereocenters. The van der Waals surface area contributed by atoms with Gasteiger partial charge in [0.15, 0.2) is 0 Å². The van der Waals surface area contributed by atoms with Gasteiger partial charge in [0.25, 0.3) is 0 Å². The van der Waals surface area contributed by atoms with Crippen LogP contribution in [0.3, 0.4) is 0 Å². The lowest BCUT2D eigenvalue weighted by Crippen LogP contribution is -2.44. The van der Waals surface area contributed by atoms with Gasteiger partial charge in [-0.25, -0.2) is 0 Å². The maximum absolute atomic E-state index is 11.5. The zero-order valence-corrected chi connectivity index (χ0v) is 9.63. The molecule has 13 heavy (non-hydrogen) atoms. The zero-order chi connectivity index (χ0) is 10.4. The fourth-order valence-electron chi connectivity index (χ4n) is 1.68. The molecule has 0 bridgehead atoms. The van der Waals surface area contributed by atoms with Gasteiger partial charge in [-0.1, -0.05) is 20.8 Å². The first-order chi connectivity index (χ1) is 6.08. The molecule has 0 aromatic heterocycles. The van der Waals surface area contributed by atoms with Crippen molar-refractivity contribution in [3.63, 3.8) is 0 Å². The highest BCUT2D eigenvalue weighted by Gasteiger charge is 2.21. The number of nitrogens with zero attached hydrogens (tertiary/aromatic N) is 1. The monoisotopic (exact) mass is 185 g/mol. The van der Waals surface area contributed by atoms with Crippen LogP contribution in [0.5, 0.6) is 0 Å². The van der Waals surface area contributed by atoms with E-state index in [0.29, 0.717) is 18.2 Å². The molecule has 2 unspecified atom stereocenters. The van der Waals surface area contributed by atoms with Crippen molar-refractivity contribution < 1.29 is 4.79 Å². The molecule has 0 aliphatic carbocycles. The molecule has 0 amide bonds. The highest BCUT2D eigenvalue weighted by Crippen LogP contribution is 2.10. The van der Waals surface area contributed by atoms with Gasteiger partial charge in [0.1, 0.15) is 5.78 Å². The summed E-state index contributed by atoms with van der Waals surface area (Å²) >= 11 is 0. The molecule has 0 heterocycles. The summed E-state index contributed by atoms with van der Waals surface area (Å²) in [4.78, 5) is 13.8. The molecular formula is C11H23NO. The van der Waals surface area contributed by atoms with Gasteiger partial charge in [0.2, 0.25) is 0 Å². The number of carbonyl (C=O) groups excluding carboxylic acids is 1. The van der Waals surface area contributed by atoms with Crippen LogP contribution in [-0.4, -0.2) is 29.3 Å². The van der Waals surface area contributed by atoms with Gasteiger partial charge in [-0.2, -0.15) is 0 Å². The molecule has 2 nitrogen and oxygen atoms in total. The van der Waals surface area contributed by atoms with E-state index in [1.807, 2.05) is 13.8 Å². The molecule has 0 aliphatic heterocycles. The zero-order valence-electron chi connectivity index (χ0n) is 9.63. The average molecular weight is 185 g/mol.